The number of phosphoric acid groups is 1. The highest BCUT2D eigenvalue weighted by atomic mass is 31.2. The molecule has 0 bridgehead atoms. The molecule has 3 unspecified atom stereocenters. The molecular formula is C60H108N2O7P+. The summed E-state index contributed by atoms with van der Waals surface area (Å²) < 4.78 is 30.5. The van der Waals surface area contributed by atoms with Crippen LogP contribution in [-0.4, -0.2) is 74.3 Å². The van der Waals surface area contributed by atoms with E-state index >= 15 is 0 Å². The molecule has 0 fully saturated rings. The summed E-state index contributed by atoms with van der Waals surface area (Å²) in [5, 5.41) is 3.02. The van der Waals surface area contributed by atoms with E-state index in [1.165, 1.54) is 96.3 Å². The lowest BCUT2D eigenvalue weighted by molar-refractivity contribution is -0.870. The van der Waals surface area contributed by atoms with Gasteiger partial charge in [0.15, 0.2) is 0 Å². The van der Waals surface area contributed by atoms with Crippen molar-refractivity contribution in [1.82, 2.24) is 5.32 Å². The number of quaternary nitrogens is 1. The molecule has 404 valence electrons. The molecule has 0 rings (SSSR count). The first-order valence-corrected chi connectivity index (χ1v) is 29.9. The van der Waals surface area contributed by atoms with Crippen LogP contribution in [0, 0.1) is 0 Å². The number of hydrogen-bond acceptors (Lipinski definition) is 6. The molecule has 0 aliphatic carbocycles. The number of carbonyl (C=O) groups is 2. The highest BCUT2D eigenvalue weighted by Crippen LogP contribution is 2.43. The average Bonchev–Trinajstić information content (AvgIpc) is 3.32. The van der Waals surface area contributed by atoms with Crippen LogP contribution >= 0.6 is 7.82 Å². The number of phosphoric ester groups is 1. The summed E-state index contributed by atoms with van der Waals surface area (Å²) in [6, 6.07) is -0.879. The van der Waals surface area contributed by atoms with Crippen molar-refractivity contribution in [3.05, 3.63) is 85.1 Å². The third kappa shape index (κ3) is 50.1. The number of hydrogen-bond donors (Lipinski definition) is 2. The molecule has 0 aromatic rings. The van der Waals surface area contributed by atoms with Crippen molar-refractivity contribution in [2.75, 3.05) is 40.9 Å². The fourth-order valence-corrected chi connectivity index (χ4v) is 8.36. The van der Waals surface area contributed by atoms with Crippen LogP contribution < -0.4 is 5.32 Å². The van der Waals surface area contributed by atoms with Gasteiger partial charge in [0.2, 0.25) is 5.91 Å². The standard InChI is InChI=1S/C60H107N2O7P/c1-7-10-13-16-19-22-25-28-30-31-33-35-38-41-44-47-50-53-60(64)69-58(51-48-45-42-39-36-27-24-21-18-15-12-9-3)57(56-68-70(65,66)67-55-54-62(4,5)6)61-59(63)52-49-46-43-40-37-34-32-29-26-23-20-17-14-11-8-2/h19-20,22-23,26,28-30,33,35,41,44,48,51,57-58H,7-18,21,24-25,27,31-32,34,36-40,42-43,45-47,49-50,52-56H2,1-6H3,(H-,61,63,65,66)/p+1/b22-19-,23-20+,29-26+,30-28-,35-33-,44-41-,51-48+. The van der Waals surface area contributed by atoms with Gasteiger partial charge < -0.3 is 19.4 Å². The fraction of sp³-hybridized carbons (Fsp3) is 0.733. The Labute approximate surface area is 431 Å². The number of likely N-dealkylation sites (N-methyl/N-ethyl adjacent to an activating group) is 1. The van der Waals surface area contributed by atoms with E-state index in [1.807, 2.05) is 33.3 Å². The SMILES string of the molecule is CCCCC/C=C\C/C=C\C/C=C\C/C=C\CCCC(=O)OC(/C=C/CCCCCCCCCCCC)C(COP(=O)(O)OCC[N+](C)(C)C)NC(=O)CCCCCCCC/C=C/C=C/CCCCC. The van der Waals surface area contributed by atoms with Gasteiger partial charge in [-0.05, 0) is 96.0 Å². The van der Waals surface area contributed by atoms with Crippen LogP contribution in [0.2, 0.25) is 0 Å². The summed E-state index contributed by atoms with van der Waals surface area (Å²) >= 11 is 0. The second kappa shape index (κ2) is 49.8. The summed E-state index contributed by atoms with van der Waals surface area (Å²) in [5.41, 5.74) is 0. The number of nitrogens with zero attached hydrogens (tertiary/aromatic N) is 1. The van der Waals surface area contributed by atoms with Crippen molar-refractivity contribution >= 4 is 19.7 Å². The molecule has 0 spiro atoms. The Kier molecular flexibility index (Phi) is 47.8. The number of allylic oxidation sites excluding steroid dienone is 13. The minimum absolute atomic E-state index is 0.0259. The molecule has 0 radical (unpaired) electrons. The molecular weight excluding hydrogens is 892 g/mol. The van der Waals surface area contributed by atoms with E-state index in [4.69, 9.17) is 13.8 Å². The maximum Gasteiger partial charge on any atom is 0.472 e. The number of amides is 1. The Balaban J connectivity index is 5.48. The highest BCUT2D eigenvalue weighted by Gasteiger charge is 2.30. The molecule has 10 heteroatoms. The van der Waals surface area contributed by atoms with Gasteiger partial charge in [0, 0.05) is 12.8 Å². The van der Waals surface area contributed by atoms with Gasteiger partial charge in [-0.25, -0.2) is 4.57 Å². The molecule has 0 heterocycles. The van der Waals surface area contributed by atoms with Crippen LogP contribution in [0.3, 0.4) is 0 Å². The van der Waals surface area contributed by atoms with E-state index in [1.54, 1.807) is 0 Å². The largest absolute Gasteiger partial charge is 0.472 e. The van der Waals surface area contributed by atoms with Gasteiger partial charge in [-0.1, -0.05) is 209 Å². The van der Waals surface area contributed by atoms with Gasteiger partial charge in [0.05, 0.1) is 33.8 Å². The Hall–Kier alpha value is -2.81. The minimum atomic E-state index is -4.46. The van der Waals surface area contributed by atoms with Crippen LogP contribution in [-0.2, 0) is 27.9 Å². The third-order valence-corrected chi connectivity index (χ3v) is 13.1. The van der Waals surface area contributed by atoms with Crippen molar-refractivity contribution in [3.63, 3.8) is 0 Å². The molecule has 0 aliphatic heterocycles. The average molecular weight is 1000 g/mol. The topological polar surface area (TPSA) is 111 Å². The summed E-state index contributed by atoms with van der Waals surface area (Å²) in [6.45, 7) is 6.89. The van der Waals surface area contributed by atoms with Gasteiger partial charge >= 0.3 is 13.8 Å². The molecule has 0 saturated carbocycles. The number of unbranched alkanes of at least 4 members (excludes halogenated alkanes) is 23. The molecule has 2 N–H and O–H groups in total. The number of nitrogens with one attached hydrogen (secondary N) is 1. The van der Waals surface area contributed by atoms with Gasteiger partial charge in [-0.15, -0.1) is 0 Å². The van der Waals surface area contributed by atoms with Crippen molar-refractivity contribution in [3.8, 4) is 0 Å². The molecule has 1 amide bonds. The quantitative estimate of drug-likeness (QED) is 0.0156. The van der Waals surface area contributed by atoms with E-state index in [0.717, 1.165) is 96.3 Å². The van der Waals surface area contributed by atoms with E-state index in [0.29, 0.717) is 23.9 Å². The van der Waals surface area contributed by atoms with Crippen LogP contribution in [0.1, 0.15) is 233 Å². The van der Waals surface area contributed by atoms with Crippen molar-refractivity contribution < 1.29 is 37.3 Å². The number of carbonyl (C=O) groups excluding carboxylic acids is 2. The Morgan fingerprint density at radius 2 is 0.929 bits per heavy atom. The third-order valence-electron chi connectivity index (χ3n) is 12.1. The van der Waals surface area contributed by atoms with Gasteiger partial charge in [-0.2, -0.15) is 0 Å². The normalized spacial score (nSPS) is 14.4. The first-order valence-electron chi connectivity index (χ1n) is 28.4. The smallest absolute Gasteiger partial charge is 0.456 e. The van der Waals surface area contributed by atoms with Crippen LogP contribution in [0.25, 0.3) is 0 Å². The zero-order chi connectivity index (χ0) is 51.5. The monoisotopic (exact) mass is 1000 g/mol. The van der Waals surface area contributed by atoms with Crippen molar-refractivity contribution in [2.24, 2.45) is 0 Å². The molecule has 0 aromatic carbocycles. The summed E-state index contributed by atoms with van der Waals surface area (Å²) in [7, 11) is 1.45. The zero-order valence-electron chi connectivity index (χ0n) is 46.0. The van der Waals surface area contributed by atoms with Gasteiger partial charge in [0.1, 0.15) is 19.3 Å². The van der Waals surface area contributed by atoms with Crippen LogP contribution in [0.15, 0.2) is 85.1 Å². The van der Waals surface area contributed by atoms with Gasteiger partial charge in [0.25, 0.3) is 0 Å². The van der Waals surface area contributed by atoms with E-state index in [2.05, 4.69) is 99.0 Å². The first-order chi connectivity index (χ1) is 33.9. The fourth-order valence-electron chi connectivity index (χ4n) is 7.63. The summed E-state index contributed by atoms with van der Waals surface area (Å²) in [6.07, 6.45) is 64.3. The molecule has 70 heavy (non-hydrogen) atoms. The zero-order valence-corrected chi connectivity index (χ0v) is 46.9. The number of esters is 1. The van der Waals surface area contributed by atoms with E-state index in [9.17, 15) is 19.0 Å². The first kappa shape index (κ1) is 67.2. The number of rotatable bonds is 50. The van der Waals surface area contributed by atoms with Gasteiger partial charge in [-0.3, -0.25) is 18.6 Å². The maximum atomic E-state index is 13.5. The Morgan fingerprint density at radius 3 is 1.44 bits per heavy atom. The van der Waals surface area contributed by atoms with Crippen molar-refractivity contribution in [2.45, 2.75) is 245 Å². The van der Waals surface area contributed by atoms with Crippen molar-refractivity contribution in [1.29, 1.82) is 0 Å². The highest BCUT2D eigenvalue weighted by molar-refractivity contribution is 7.47. The lowest BCUT2D eigenvalue weighted by Gasteiger charge is -2.27. The number of ether oxygens (including phenoxy) is 1. The molecule has 0 aromatic heterocycles. The predicted molar refractivity (Wildman–Crippen MR) is 300 cm³/mol. The molecule has 0 aliphatic rings. The lowest BCUT2D eigenvalue weighted by atomic mass is 10.0. The minimum Gasteiger partial charge on any atom is -0.456 e. The Morgan fingerprint density at radius 1 is 0.514 bits per heavy atom. The predicted octanol–water partition coefficient (Wildman–Crippen LogP) is 17.0. The summed E-state index contributed by atoms with van der Waals surface area (Å²) in [5.74, 6) is -0.589. The Bertz CT molecular complexity index is 1480. The second-order valence-electron chi connectivity index (χ2n) is 20.1. The molecule has 3 atom stereocenters. The van der Waals surface area contributed by atoms with Crippen LogP contribution in [0.4, 0.5) is 0 Å². The summed E-state index contributed by atoms with van der Waals surface area (Å²) in [4.78, 5) is 37.5. The maximum absolute atomic E-state index is 13.5. The van der Waals surface area contributed by atoms with E-state index < -0.39 is 20.0 Å². The lowest BCUT2D eigenvalue weighted by Crippen LogP contribution is -2.47. The second-order valence-corrected chi connectivity index (χ2v) is 21.6. The van der Waals surface area contributed by atoms with Crippen LogP contribution in [0.5, 0.6) is 0 Å². The van der Waals surface area contributed by atoms with E-state index in [-0.39, 0.29) is 31.5 Å². The molecule has 0 saturated heterocycles. The molecule has 9 nitrogen and oxygen atoms in total.